The predicted molar refractivity (Wildman–Crippen MR) is 187 cm³/mol. The molecule has 0 amide bonds. The number of carboxylic acids is 1. The number of ether oxygens (including phenoxy) is 4. The summed E-state index contributed by atoms with van der Waals surface area (Å²) in [4.78, 5) is 36.3. The molecule has 1 rings (SSSR count). The molecular formula is C35H60BO11P. The first-order chi connectivity index (χ1) is 22.6. The zero-order valence-corrected chi connectivity index (χ0v) is 31.0. The maximum atomic E-state index is 13.1. The first-order valence-corrected chi connectivity index (χ1v) is 19.1. The van der Waals surface area contributed by atoms with E-state index in [1.807, 2.05) is 33.5 Å². The summed E-state index contributed by atoms with van der Waals surface area (Å²) in [5.74, 6) is -4.00. The molecule has 2 unspecified atom stereocenters. The van der Waals surface area contributed by atoms with Gasteiger partial charge < -0.3 is 38.8 Å². The molecule has 1 heterocycles. The van der Waals surface area contributed by atoms with E-state index in [1.54, 1.807) is 13.8 Å². The molecule has 0 bridgehead atoms. The summed E-state index contributed by atoms with van der Waals surface area (Å²) in [6.45, 7) is 13.8. The van der Waals surface area contributed by atoms with Gasteiger partial charge in [0.2, 0.25) is 5.79 Å². The second-order valence-electron chi connectivity index (χ2n) is 13.4. The highest BCUT2D eigenvalue weighted by Crippen LogP contribution is 2.47. The number of aliphatic carboxylic acids is 1. The van der Waals surface area contributed by atoms with Gasteiger partial charge in [0.05, 0.1) is 31.3 Å². The van der Waals surface area contributed by atoms with Gasteiger partial charge in [0, 0.05) is 44.0 Å². The Kier molecular flexibility index (Phi) is 21.0. The number of hydrogen-bond donors (Lipinski definition) is 3. The molecule has 1 fully saturated rings. The molecule has 0 aromatic heterocycles. The zero-order valence-electron chi connectivity index (χ0n) is 30.2. The Bertz CT molecular complexity index is 1030. The second kappa shape index (κ2) is 22.8. The van der Waals surface area contributed by atoms with Gasteiger partial charge in [-0.1, -0.05) is 72.5 Å². The number of unbranched alkanes of at least 4 members (excludes halogenated alkanes) is 4. The lowest BCUT2D eigenvalue weighted by Crippen LogP contribution is -2.62. The van der Waals surface area contributed by atoms with E-state index in [0.29, 0.717) is 25.7 Å². The Morgan fingerprint density at radius 1 is 1.12 bits per heavy atom. The molecule has 274 valence electrons. The largest absolute Gasteiger partial charge is 0.481 e. The van der Waals surface area contributed by atoms with Gasteiger partial charge in [-0.25, -0.2) is 4.79 Å². The molecule has 3 N–H and O–H groups in total. The van der Waals surface area contributed by atoms with Crippen molar-refractivity contribution in [1.29, 1.82) is 0 Å². The van der Waals surface area contributed by atoms with Gasteiger partial charge in [-0.2, -0.15) is 0 Å². The minimum atomic E-state index is -2.02. The Labute approximate surface area is 290 Å². The SMILES string of the molecule is [B]P(C)O[C@H](CC1C/C(=C\C)[C@H](OC(=O)CCCCCCC)[C@](O)(C(C)(C)/C=C/C(=O)OCCCOCC[C@@H](O)CC(=O)O)O1)C(C)C. The number of carbonyl (C=O) groups is 3. The maximum Gasteiger partial charge on any atom is 0.330 e. The fourth-order valence-corrected chi connectivity index (χ4v) is 6.16. The van der Waals surface area contributed by atoms with Gasteiger partial charge >= 0.3 is 17.9 Å². The molecule has 0 spiro atoms. The lowest BCUT2D eigenvalue weighted by atomic mass is 9.74. The average molecular weight is 699 g/mol. The van der Waals surface area contributed by atoms with E-state index in [2.05, 4.69) is 6.92 Å². The highest BCUT2D eigenvalue weighted by molar-refractivity contribution is 7.77. The topological polar surface area (TPSA) is 158 Å². The lowest BCUT2D eigenvalue weighted by molar-refractivity contribution is -0.327. The summed E-state index contributed by atoms with van der Waals surface area (Å²) in [6, 6.07) is 0. The highest BCUT2D eigenvalue weighted by Gasteiger charge is 2.57. The maximum absolute atomic E-state index is 13.1. The van der Waals surface area contributed by atoms with Crippen LogP contribution < -0.4 is 0 Å². The van der Waals surface area contributed by atoms with Crippen LogP contribution in [0.2, 0.25) is 0 Å². The van der Waals surface area contributed by atoms with Crippen molar-refractivity contribution in [2.75, 3.05) is 26.5 Å². The summed E-state index contributed by atoms with van der Waals surface area (Å²) in [7, 11) is 4.89. The minimum absolute atomic E-state index is 0.0725. The molecule has 0 aliphatic carbocycles. The van der Waals surface area contributed by atoms with E-state index in [1.165, 1.54) is 12.2 Å². The monoisotopic (exact) mass is 698 g/mol. The van der Waals surface area contributed by atoms with E-state index in [0.717, 1.165) is 31.3 Å². The van der Waals surface area contributed by atoms with Gasteiger partial charge in [0.1, 0.15) is 7.57 Å². The smallest absolute Gasteiger partial charge is 0.330 e. The fraction of sp³-hybridized carbons (Fsp3) is 0.800. The van der Waals surface area contributed by atoms with Crippen LogP contribution in [0.15, 0.2) is 23.8 Å². The molecule has 1 aliphatic rings. The van der Waals surface area contributed by atoms with Gasteiger partial charge in [-0.3, -0.25) is 9.59 Å². The Morgan fingerprint density at radius 2 is 1.81 bits per heavy atom. The van der Waals surface area contributed by atoms with Crippen LogP contribution in [0.25, 0.3) is 0 Å². The number of aliphatic hydroxyl groups is 2. The highest BCUT2D eigenvalue weighted by atomic mass is 31.1. The van der Waals surface area contributed by atoms with Crippen molar-refractivity contribution in [3.05, 3.63) is 23.8 Å². The Morgan fingerprint density at radius 3 is 2.42 bits per heavy atom. The number of aliphatic hydroxyl groups excluding tert-OH is 1. The Balaban J connectivity index is 3.03. The van der Waals surface area contributed by atoms with Gasteiger partial charge in [-0.05, 0) is 52.4 Å². The van der Waals surface area contributed by atoms with Crippen LogP contribution in [-0.4, -0.2) is 97.5 Å². The molecule has 2 radical (unpaired) electrons. The van der Waals surface area contributed by atoms with Crippen LogP contribution in [0.3, 0.4) is 0 Å². The predicted octanol–water partition coefficient (Wildman–Crippen LogP) is 5.98. The summed E-state index contributed by atoms with van der Waals surface area (Å²) < 4.78 is 29.2. The number of rotatable bonds is 24. The van der Waals surface area contributed by atoms with Crippen LogP contribution in [-0.2, 0) is 37.9 Å². The third-order valence-corrected chi connectivity index (χ3v) is 8.99. The third kappa shape index (κ3) is 16.3. The molecule has 6 atom stereocenters. The third-order valence-electron chi connectivity index (χ3n) is 8.39. The van der Waals surface area contributed by atoms with Crippen molar-refractivity contribution in [3.63, 3.8) is 0 Å². The number of esters is 2. The van der Waals surface area contributed by atoms with E-state index >= 15 is 0 Å². The molecule has 0 aromatic rings. The summed E-state index contributed by atoms with van der Waals surface area (Å²) in [5, 5.41) is 30.7. The standard InChI is InChI=1S/C35H60BO11P/c1-8-10-11-12-13-15-32(41)45-33-26(9-2)22-28(24-29(25(3)4)47-48(7)36)46-35(33,42)34(5,6)18-16-31(40)44-20-14-19-43-21-17-27(37)23-30(38)39/h9,16,18,25,27-29,33,37,42H,8,10-15,17,19-24H2,1-7H3,(H,38,39)/b18-16+,26-9+/t27-,28?,29-,33+,35-,48?/m1/s1. The number of carbonyl (C=O) groups excluding carboxylic acids is 2. The molecule has 1 saturated heterocycles. The van der Waals surface area contributed by atoms with E-state index in [4.69, 9.17) is 36.1 Å². The van der Waals surface area contributed by atoms with Crippen molar-refractivity contribution in [2.24, 2.45) is 11.3 Å². The molecule has 1 aliphatic heterocycles. The van der Waals surface area contributed by atoms with E-state index in [9.17, 15) is 24.6 Å². The first kappa shape index (κ1) is 44.2. The van der Waals surface area contributed by atoms with E-state index < -0.39 is 55.4 Å². The van der Waals surface area contributed by atoms with Gasteiger partial charge in [0.25, 0.3) is 0 Å². The molecule has 48 heavy (non-hydrogen) atoms. The molecule has 0 aromatic carbocycles. The molecule has 0 saturated carbocycles. The molecule has 11 nitrogen and oxygen atoms in total. The summed E-state index contributed by atoms with van der Waals surface area (Å²) in [5.41, 5.74) is -0.494. The zero-order chi connectivity index (χ0) is 36.3. The van der Waals surface area contributed by atoms with Crippen LogP contribution in [0.4, 0.5) is 0 Å². The van der Waals surface area contributed by atoms with Crippen molar-refractivity contribution in [3.8, 4) is 0 Å². The van der Waals surface area contributed by atoms with Crippen molar-refractivity contribution in [2.45, 2.75) is 142 Å². The number of allylic oxidation sites excluding steroid dienone is 1. The number of carboxylic acid groups (broad SMARTS) is 1. The fourth-order valence-electron chi connectivity index (χ4n) is 5.40. The lowest BCUT2D eigenvalue weighted by Gasteiger charge is -2.51. The van der Waals surface area contributed by atoms with Crippen LogP contribution in [0.1, 0.15) is 112 Å². The van der Waals surface area contributed by atoms with E-state index in [-0.39, 0.29) is 51.1 Å². The average Bonchev–Trinajstić information content (AvgIpc) is 2.99. The quantitative estimate of drug-likeness (QED) is 0.0272. The van der Waals surface area contributed by atoms with Crippen LogP contribution in [0.5, 0.6) is 0 Å². The first-order valence-electron chi connectivity index (χ1n) is 17.3. The normalized spacial score (nSPS) is 22.9. The summed E-state index contributed by atoms with van der Waals surface area (Å²) in [6.07, 6.45) is 8.06. The van der Waals surface area contributed by atoms with Crippen molar-refractivity contribution in [1.82, 2.24) is 0 Å². The van der Waals surface area contributed by atoms with Gasteiger partial charge in [0.15, 0.2) is 6.10 Å². The molecule has 13 heteroatoms. The van der Waals surface area contributed by atoms with Crippen LogP contribution >= 0.6 is 8.03 Å². The minimum Gasteiger partial charge on any atom is -0.481 e. The van der Waals surface area contributed by atoms with Crippen molar-refractivity contribution < 1.29 is 53.2 Å². The van der Waals surface area contributed by atoms with Crippen LogP contribution in [0, 0.1) is 11.3 Å². The molecular weight excluding hydrogens is 638 g/mol. The summed E-state index contributed by atoms with van der Waals surface area (Å²) >= 11 is 0. The number of hydrogen-bond acceptors (Lipinski definition) is 10. The second-order valence-corrected chi connectivity index (χ2v) is 14.7. The Hall–Kier alpha value is -1.82. The van der Waals surface area contributed by atoms with Gasteiger partial charge in [-0.15, -0.1) is 0 Å². The van der Waals surface area contributed by atoms with Crippen molar-refractivity contribution >= 4 is 33.5 Å².